The minimum Gasteiger partial charge on any atom is -0.396 e. The zero-order valence-electron chi connectivity index (χ0n) is 8.82. The Hall–Kier alpha value is -0.120. The zero-order valence-corrected chi connectivity index (χ0v) is 8.82. The summed E-state index contributed by atoms with van der Waals surface area (Å²) in [6, 6.07) is 0. The van der Waals surface area contributed by atoms with E-state index in [1.54, 1.807) is 0 Å². The first kappa shape index (κ1) is 12.9. The van der Waals surface area contributed by atoms with E-state index in [4.69, 9.17) is 10.2 Å². The van der Waals surface area contributed by atoms with Gasteiger partial charge in [0, 0.05) is 12.5 Å². The molecule has 0 radical (unpaired) electrons. The molecule has 0 saturated heterocycles. The predicted molar refractivity (Wildman–Crippen MR) is 52.4 cm³/mol. The van der Waals surface area contributed by atoms with Crippen molar-refractivity contribution in [1.29, 1.82) is 0 Å². The fourth-order valence-electron chi connectivity index (χ4n) is 1.75. The molecule has 3 heteroatoms. The molecule has 0 aliphatic carbocycles. The van der Waals surface area contributed by atoms with E-state index in [0.29, 0.717) is 18.8 Å². The molecule has 0 saturated carbocycles. The van der Waals surface area contributed by atoms with Crippen molar-refractivity contribution in [2.75, 3.05) is 13.2 Å². The molecular weight excluding hydrogens is 168 g/mol. The van der Waals surface area contributed by atoms with Crippen LogP contribution >= 0.6 is 0 Å². The smallest absolute Gasteiger partial charge is 0.0929 e. The first-order valence-electron chi connectivity index (χ1n) is 4.94. The second kappa shape index (κ2) is 5.58. The van der Waals surface area contributed by atoms with E-state index in [0.717, 1.165) is 0 Å². The molecule has 0 aromatic rings. The third kappa shape index (κ3) is 3.63. The quantitative estimate of drug-likeness (QED) is 0.580. The highest BCUT2D eigenvalue weighted by Gasteiger charge is 2.35. The number of aliphatic hydroxyl groups is 3. The lowest BCUT2D eigenvalue weighted by atomic mass is 9.80. The maximum atomic E-state index is 10.0. The van der Waals surface area contributed by atoms with Crippen molar-refractivity contribution in [3.63, 3.8) is 0 Å². The van der Waals surface area contributed by atoms with E-state index < -0.39 is 5.60 Å². The van der Waals surface area contributed by atoms with Gasteiger partial charge in [-0.15, -0.1) is 0 Å². The van der Waals surface area contributed by atoms with Gasteiger partial charge in [0.25, 0.3) is 0 Å². The van der Waals surface area contributed by atoms with Crippen molar-refractivity contribution in [2.24, 2.45) is 11.8 Å². The summed E-state index contributed by atoms with van der Waals surface area (Å²) in [5.41, 5.74) is -1.11. The van der Waals surface area contributed by atoms with Crippen molar-refractivity contribution in [3.8, 4) is 0 Å². The van der Waals surface area contributed by atoms with E-state index in [1.165, 1.54) is 0 Å². The Bertz CT molecular complexity index is 132. The van der Waals surface area contributed by atoms with Crippen LogP contribution in [0.25, 0.3) is 0 Å². The standard InChI is InChI=1S/C10H22O3/c1-4-9(6-11)10(13,7-12)5-8(2)3/h8-9,11-13H,4-7H2,1-3H3. The Labute approximate surface area is 80.4 Å². The molecule has 0 amide bonds. The Balaban J connectivity index is 4.39. The fourth-order valence-corrected chi connectivity index (χ4v) is 1.75. The van der Waals surface area contributed by atoms with Crippen molar-refractivity contribution in [1.82, 2.24) is 0 Å². The Kier molecular flexibility index (Phi) is 5.53. The fraction of sp³-hybridized carbons (Fsp3) is 1.00. The van der Waals surface area contributed by atoms with Crippen LogP contribution in [0.5, 0.6) is 0 Å². The molecule has 0 aromatic heterocycles. The summed E-state index contributed by atoms with van der Waals surface area (Å²) in [6.45, 7) is 5.54. The van der Waals surface area contributed by atoms with Crippen LogP contribution in [0.4, 0.5) is 0 Å². The molecule has 0 heterocycles. The molecule has 0 spiro atoms. The molecule has 3 N–H and O–H groups in total. The lowest BCUT2D eigenvalue weighted by molar-refractivity contribution is -0.0906. The summed E-state index contributed by atoms with van der Waals surface area (Å²) in [4.78, 5) is 0. The van der Waals surface area contributed by atoms with Gasteiger partial charge in [0.1, 0.15) is 0 Å². The average molecular weight is 190 g/mol. The van der Waals surface area contributed by atoms with Crippen LogP contribution < -0.4 is 0 Å². The van der Waals surface area contributed by atoms with Crippen LogP contribution in [0.2, 0.25) is 0 Å². The third-order valence-electron chi connectivity index (χ3n) is 2.51. The van der Waals surface area contributed by atoms with Crippen molar-refractivity contribution >= 4 is 0 Å². The number of hydrogen-bond donors (Lipinski definition) is 3. The second-order valence-electron chi connectivity index (χ2n) is 4.15. The van der Waals surface area contributed by atoms with Crippen LogP contribution in [0.15, 0.2) is 0 Å². The van der Waals surface area contributed by atoms with E-state index in [9.17, 15) is 5.11 Å². The lowest BCUT2D eigenvalue weighted by Gasteiger charge is -2.34. The van der Waals surface area contributed by atoms with Crippen LogP contribution in [0.3, 0.4) is 0 Å². The third-order valence-corrected chi connectivity index (χ3v) is 2.51. The van der Waals surface area contributed by atoms with Gasteiger partial charge in [-0.2, -0.15) is 0 Å². The van der Waals surface area contributed by atoms with Gasteiger partial charge in [-0.1, -0.05) is 20.8 Å². The number of aliphatic hydroxyl groups excluding tert-OH is 2. The normalized spacial score (nSPS) is 18.7. The van der Waals surface area contributed by atoms with Gasteiger partial charge in [-0.25, -0.2) is 0 Å². The van der Waals surface area contributed by atoms with E-state index >= 15 is 0 Å². The van der Waals surface area contributed by atoms with Crippen LogP contribution in [0, 0.1) is 11.8 Å². The minimum absolute atomic E-state index is 0.0692. The molecule has 3 nitrogen and oxygen atoms in total. The first-order valence-corrected chi connectivity index (χ1v) is 4.94. The Morgan fingerprint density at radius 1 is 1.23 bits per heavy atom. The van der Waals surface area contributed by atoms with Gasteiger partial charge in [0.15, 0.2) is 0 Å². The molecule has 0 rings (SSSR count). The molecule has 0 aliphatic rings. The SMILES string of the molecule is CCC(CO)C(O)(CO)CC(C)C. The van der Waals surface area contributed by atoms with Gasteiger partial charge in [0.2, 0.25) is 0 Å². The largest absolute Gasteiger partial charge is 0.396 e. The van der Waals surface area contributed by atoms with Gasteiger partial charge in [-0.05, 0) is 18.8 Å². The molecule has 0 fully saturated rings. The highest BCUT2D eigenvalue weighted by molar-refractivity contribution is 4.85. The van der Waals surface area contributed by atoms with Gasteiger partial charge in [0.05, 0.1) is 12.2 Å². The van der Waals surface area contributed by atoms with E-state index in [1.807, 2.05) is 20.8 Å². The predicted octanol–water partition coefficient (Wildman–Crippen LogP) is 0.774. The second-order valence-corrected chi connectivity index (χ2v) is 4.15. The zero-order chi connectivity index (χ0) is 10.5. The lowest BCUT2D eigenvalue weighted by Crippen LogP contribution is -2.44. The van der Waals surface area contributed by atoms with Gasteiger partial charge < -0.3 is 15.3 Å². The molecule has 13 heavy (non-hydrogen) atoms. The topological polar surface area (TPSA) is 60.7 Å². The Morgan fingerprint density at radius 2 is 1.77 bits per heavy atom. The van der Waals surface area contributed by atoms with Crippen molar-refractivity contribution in [2.45, 2.75) is 39.2 Å². The Morgan fingerprint density at radius 3 is 2.00 bits per heavy atom. The van der Waals surface area contributed by atoms with Crippen LogP contribution in [-0.4, -0.2) is 34.1 Å². The van der Waals surface area contributed by atoms with Crippen molar-refractivity contribution in [3.05, 3.63) is 0 Å². The van der Waals surface area contributed by atoms with Crippen molar-refractivity contribution < 1.29 is 15.3 Å². The van der Waals surface area contributed by atoms with Crippen LogP contribution in [0.1, 0.15) is 33.6 Å². The molecule has 80 valence electrons. The average Bonchev–Trinajstić information content (AvgIpc) is 2.05. The summed E-state index contributed by atoms with van der Waals surface area (Å²) in [6.07, 6.45) is 1.21. The summed E-state index contributed by atoms with van der Waals surface area (Å²) in [5.74, 6) is 0.0950. The molecular formula is C10H22O3. The van der Waals surface area contributed by atoms with E-state index in [-0.39, 0.29) is 19.1 Å². The maximum absolute atomic E-state index is 10.0. The molecule has 0 aromatic carbocycles. The highest BCUT2D eigenvalue weighted by Crippen LogP contribution is 2.27. The molecule has 2 atom stereocenters. The summed E-state index contributed by atoms with van der Waals surface area (Å²) < 4.78 is 0. The number of hydrogen-bond acceptors (Lipinski definition) is 3. The molecule has 0 aliphatic heterocycles. The van der Waals surface area contributed by atoms with Gasteiger partial charge >= 0.3 is 0 Å². The van der Waals surface area contributed by atoms with Crippen LogP contribution in [-0.2, 0) is 0 Å². The number of rotatable bonds is 6. The van der Waals surface area contributed by atoms with E-state index in [2.05, 4.69) is 0 Å². The monoisotopic (exact) mass is 190 g/mol. The maximum Gasteiger partial charge on any atom is 0.0929 e. The summed E-state index contributed by atoms with van der Waals surface area (Å²) in [7, 11) is 0. The first-order chi connectivity index (χ1) is 6.00. The molecule has 2 unspecified atom stereocenters. The summed E-state index contributed by atoms with van der Waals surface area (Å²) >= 11 is 0. The molecule has 0 bridgehead atoms. The van der Waals surface area contributed by atoms with Gasteiger partial charge in [-0.3, -0.25) is 0 Å². The minimum atomic E-state index is -1.11. The summed E-state index contributed by atoms with van der Waals surface area (Å²) in [5, 5.41) is 28.2. The highest BCUT2D eigenvalue weighted by atomic mass is 16.3.